The minimum Gasteiger partial charge on any atom is -0.466 e. The van der Waals surface area contributed by atoms with E-state index in [1.165, 1.54) is 39.2 Å². The molecule has 0 heterocycles. The first kappa shape index (κ1) is 13.2. The fourth-order valence-electron chi connectivity index (χ4n) is 1.37. The Labute approximate surface area is 87.3 Å². The van der Waals surface area contributed by atoms with E-state index in [1.54, 1.807) is 0 Å². The molecule has 2 nitrogen and oxygen atoms in total. The number of esters is 1. The minimum absolute atomic E-state index is 0.265. The average Bonchev–Trinajstić information content (AvgIpc) is 2.21. The Bertz CT molecular complexity index is 173. The molecule has 0 saturated heterocycles. The highest BCUT2D eigenvalue weighted by atomic mass is 16.5. The maximum Gasteiger partial charge on any atom is 0.333 e. The first-order valence-corrected chi connectivity index (χ1v) is 5.48. The SMILES string of the molecule is C=C(CCCCCCCC)C(=O)OC. The number of carbonyl (C=O) groups excluding carboxylic acids is 1. The summed E-state index contributed by atoms with van der Waals surface area (Å²) in [5, 5.41) is 0. The molecule has 0 saturated carbocycles. The number of ether oxygens (including phenoxy) is 1. The molecule has 0 aromatic rings. The van der Waals surface area contributed by atoms with Crippen molar-refractivity contribution in [1.82, 2.24) is 0 Å². The van der Waals surface area contributed by atoms with Gasteiger partial charge in [-0.15, -0.1) is 0 Å². The lowest BCUT2D eigenvalue weighted by Gasteiger charge is -2.03. The Hall–Kier alpha value is -0.790. The van der Waals surface area contributed by atoms with Gasteiger partial charge in [0, 0.05) is 5.57 Å². The van der Waals surface area contributed by atoms with Gasteiger partial charge in [0.1, 0.15) is 0 Å². The van der Waals surface area contributed by atoms with Crippen LogP contribution in [0.3, 0.4) is 0 Å². The summed E-state index contributed by atoms with van der Waals surface area (Å²) in [5.41, 5.74) is 0.600. The highest BCUT2D eigenvalue weighted by molar-refractivity contribution is 5.87. The van der Waals surface area contributed by atoms with Crippen LogP contribution in [0, 0.1) is 0 Å². The standard InChI is InChI=1S/C12H22O2/c1-4-5-6-7-8-9-10-11(2)12(13)14-3/h2,4-10H2,1,3H3. The van der Waals surface area contributed by atoms with E-state index in [1.807, 2.05) is 0 Å². The van der Waals surface area contributed by atoms with E-state index in [9.17, 15) is 4.79 Å². The van der Waals surface area contributed by atoms with Crippen molar-refractivity contribution in [3.8, 4) is 0 Å². The summed E-state index contributed by atoms with van der Waals surface area (Å²) >= 11 is 0. The zero-order valence-electron chi connectivity index (χ0n) is 9.47. The number of carbonyl (C=O) groups is 1. The Morgan fingerprint density at radius 3 is 2.29 bits per heavy atom. The molecule has 0 rings (SSSR count). The van der Waals surface area contributed by atoms with Gasteiger partial charge in [-0.05, 0) is 12.8 Å². The third-order valence-electron chi connectivity index (χ3n) is 2.31. The topological polar surface area (TPSA) is 26.3 Å². The van der Waals surface area contributed by atoms with Crippen molar-refractivity contribution < 1.29 is 9.53 Å². The van der Waals surface area contributed by atoms with Crippen LogP contribution in [0.2, 0.25) is 0 Å². The molecule has 0 N–H and O–H groups in total. The molecule has 0 unspecified atom stereocenters. The van der Waals surface area contributed by atoms with E-state index in [4.69, 9.17) is 0 Å². The number of hydrogen-bond acceptors (Lipinski definition) is 2. The predicted octanol–water partition coefficient (Wildman–Crippen LogP) is 3.47. The molecule has 0 amide bonds. The fraction of sp³-hybridized carbons (Fsp3) is 0.750. The summed E-state index contributed by atoms with van der Waals surface area (Å²) in [6.45, 7) is 5.89. The quantitative estimate of drug-likeness (QED) is 0.339. The van der Waals surface area contributed by atoms with E-state index in [0.29, 0.717) is 5.57 Å². The maximum absolute atomic E-state index is 11.0. The highest BCUT2D eigenvalue weighted by Gasteiger charge is 2.04. The summed E-state index contributed by atoms with van der Waals surface area (Å²) in [4.78, 5) is 11.0. The van der Waals surface area contributed by atoms with Gasteiger partial charge in [0.05, 0.1) is 7.11 Å². The van der Waals surface area contributed by atoms with Crippen LogP contribution in [0.4, 0.5) is 0 Å². The molecule has 0 aliphatic heterocycles. The number of rotatable bonds is 8. The van der Waals surface area contributed by atoms with Gasteiger partial charge in [0.2, 0.25) is 0 Å². The van der Waals surface area contributed by atoms with Gasteiger partial charge in [0.25, 0.3) is 0 Å². The highest BCUT2D eigenvalue weighted by Crippen LogP contribution is 2.11. The second-order valence-electron chi connectivity index (χ2n) is 3.61. The van der Waals surface area contributed by atoms with Crippen LogP contribution in [-0.2, 0) is 9.53 Å². The van der Waals surface area contributed by atoms with Crippen molar-refractivity contribution in [2.45, 2.75) is 51.9 Å². The number of methoxy groups -OCH3 is 1. The van der Waals surface area contributed by atoms with Gasteiger partial charge >= 0.3 is 5.97 Å². The van der Waals surface area contributed by atoms with Crippen LogP contribution in [-0.4, -0.2) is 13.1 Å². The second kappa shape index (κ2) is 8.79. The molecule has 0 aromatic heterocycles. The van der Waals surface area contributed by atoms with Gasteiger partial charge in [-0.25, -0.2) is 4.79 Å². The van der Waals surface area contributed by atoms with Crippen molar-refractivity contribution >= 4 is 5.97 Å². The van der Waals surface area contributed by atoms with Crippen LogP contribution < -0.4 is 0 Å². The smallest absolute Gasteiger partial charge is 0.333 e. The lowest BCUT2D eigenvalue weighted by Crippen LogP contribution is -2.03. The second-order valence-corrected chi connectivity index (χ2v) is 3.61. The summed E-state index contributed by atoms with van der Waals surface area (Å²) in [5.74, 6) is -0.265. The Morgan fingerprint density at radius 1 is 1.14 bits per heavy atom. The van der Waals surface area contributed by atoms with Crippen LogP contribution in [0.15, 0.2) is 12.2 Å². The van der Waals surface area contributed by atoms with Crippen molar-refractivity contribution in [1.29, 1.82) is 0 Å². The van der Waals surface area contributed by atoms with Gasteiger partial charge in [0.15, 0.2) is 0 Å². The molecule has 0 aliphatic carbocycles. The Balaban J connectivity index is 3.27. The lowest BCUT2D eigenvalue weighted by atomic mass is 10.1. The molecule has 0 aromatic carbocycles. The normalized spacial score (nSPS) is 9.86. The zero-order valence-corrected chi connectivity index (χ0v) is 9.47. The van der Waals surface area contributed by atoms with E-state index >= 15 is 0 Å². The van der Waals surface area contributed by atoms with E-state index in [0.717, 1.165) is 12.8 Å². The maximum atomic E-state index is 11.0. The molecular weight excluding hydrogens is 176 g/mol. The van der Waals surface area contributed by atoms with Gasteiger partial charge in [-0.3, -0.25) is 0 Å². The minimum atomic E-state index is -0.265. The first-order chi connectivity index (χ1) is 6.72. The van der Waals surface area contributed by atoms with Crippen molar-refractivity contribution in [2.24, 2.45) is 0 Å². The molecule has 14 heavy (non-hydrogen) atoms. The number of hydrogen-bond donors (Lipinski definition) is 0. The van der Waals surface area contributed by atoms with Gasteiger partial charge < -0.3 is 4.74 Å². The van der Waals surface area contributed by atoms with Crippen LogP contribution in [0.5, 0.6) is 0 Å². The Kier molecular flexibility index (Phi) is 8.30. The van der Waals surface area contributed by atoms with Crippen LogP contribution >= 0.6 is 0 Å². The molecule has 0 aliphatic rings. The molecule has 82 valence electrons. The monoisotopic (exact) mass is 198 g/mol. The third-order valence-corrected chi connectivity index (χ3v) is 2.31. The lowest BCUT2D eigenvalue weighted by molar-refractivity contribution is -0.136. The molecular formula is C12H22O2. The molecule has 2 heteroatoms. The van der Waals surface area contributed by atoms with Gasteiger partial charge in [-0.1, -0.05) is 45.6 Å². The van der Waals surface area contributed by atoms with Crippen molar-refractivity contribution in [3.63, 3.8) is 0 Å². The summed E-state index contributed by atoms with van der Waals surface area (Å²) in [7, 11) is 1.40. The van der Waals surface area contributed by atoms with E-state index in [-0.39, 0.29) is 5.97 Å². The first-order valence-electron chi connectivity index (χ1n) is 5.48. The molecule has 0 fully saturated rings. The van der Waals surface area contributed by atoms with Crippen molar-refractivity contribution in [3.05, 3.63) is 12.2 Å². The zero-order chi connectivity index (χ0) is 10.8. The number of unbranched alkanes of at least 4 members (excludes halogenated alkanes) is 5. The molecule has 0 atom stereocenters. The summed E-state index contributed by atoms with van der Waals surface area (Å²) in [6, 6.07) is 0. The molecule has 0 radical (unpaired) electrons. The van der Waals surface area contributed by atoms with Gasteiger partial charge in [-0.2, -0.15) is 0 Å². The predicted molar refractivity (Wildman–Crippen MR) is 59.1 cm³/mol. The summed E-state index contributed by atoms with van der Waals surface area (Å²) in [6.07, 6.45) is 8.18. The van der Waals surface area contributed by atoms with E-state index < -0.39 is 0 Å². The Morgan fingerprint density at radius 2 is 1.71 bits per heavy atom. The molecule has 0 spiro atoms. The fourth-order valence-corrected chi connectivity index (χ4v) is 1.37. The largest absolute Gasteiger partial charge is 0.466 e. The average molecular weight is 198 g/mol. The third kappa shape index (κ3) is 6.70. The van der Waals surface area contributed by atoms with Crippen LogP contribution in [0.1, 0.15) is 51.9 Å². The van der Waals surface area contributed by atoms with Crippen molar-refractivity contribution in [2.75, 3.05) is 7.11 Å². The summed E-state index contributed by atoms with van der Waals surface area (Å²) < 4.78 is 4.57. The van der Waals surface area contributed by atoms with Crippen LogP contribution in [0.25, 0.3) is 0 Å². The molecule has 0 bridgehead atoms. The van der Waals surface area contributed by atoms with E-state index in [2.05, 4.69) is 18.2 Å².